The van der Waals surface area contributed by atoms with E-state index in [0.717, 1.165) is 36.9 Å². The van der Waals surface area contributed by atoms with Crippen molar-refractivity contribution in [3.8, 4) is 5.75 Å². The molecule has 0 bridgehead atoms. The van der Waals surface area contributed by atoms with Crippen LogP contribution in [-0.4, -0.2) is 25.4 Å². The van der Waals surface area contributed by atoms with Crippen molar-refractivity contribution in [2.45, 2.75) is 24.7 Å². The third-order valence-corrected chi connectivity index (χ3v) is 5.84. The van der Waals surface area contributed by atoms with E-state index < -0.39 is 0 Å². The summed E-state index contributed by atoms with van der Waals surface area (Å²) >= 11 is 0. The van der Waals surface area contributed by atoms with Crippen LogP contribution in [0.15, 0.2) is 53.5 Å². The first-order chi connectivity index (χ1) is 11.9. The SMILES string of the molecule is c1ccc2c(c1)N=C(CC1CCNCC1)C21COc2ccccc21. The third-order valence-electron chi connectivity index (χ3n) is 5.84. The summed E-state index contributed by atoms with van der Waals surface area (Å²) in [4.78, 5) is 5.10. The molecular formula is C21H22N2O. The molecule has 0 aliphatic carbocycles. The van der Waals surface area contributed by atoms with Crippen LogP contribution in [0.5, 0.6) is 5.75 Å². The molecule has 3 aliphatic heterocycles. The molecule has 0 radical (unpaired) electrons. The lowest BCUT2D eigenvalue weighted by molar-refractivity contribution is 0.321. The number of benzene rings is 2. The molecule has 1 N–H and O–H groups in total. The van der Waals surface area contributed by atoms with Crippen molar-refractivity contribution >= 4 is 11.4 Å². The Morgan fingerprint density at radius 2 is 1.75 bits per heavy atom. The van der Waals surface area contributed by atoms with Gasteiger partial charge in [0, 0.05) is 11.3 Å². The molecule has 1 atom stereocenters. The molecule has 0 aromatic heterocycles. The number of ether oxygens (including phenoxy) is 1. The second-order valence-electron chi connectivity index (χ2n) is 7.16. The van der Waals surface area contributed by atoms with Gasteiger partial charge in [-0.2, -0.15) is 0 Å². The van der Waals surface area contributed by atoms with E-state index >= 15 is 0 Å². The zero-order chi connectivity index (χ0) is 16.0. The minimum Gasteiger partial charge on any atom is -0.492 e. The number of rotatable bonds is 2. The monoisotopic (exact) mass is 318 g/mol. The van der Waals surface area contributed by atoms with Crippen LogP contribution in [0.3, 0.4) is 0 Å². The molecule has 1 spiro atoms. The molecule has 1 fully saturated rings. The van der Waals surface area contributed by atoms with Crippen molar-refractivity contribution in [3.63, 3.8) is 0 Å². The average molecular weight is 318 g/mol. The molecule has 24 heavy (non-hydrogen) atoms. The zero-order valence-electron chi connectivity index (χ0n) is 13.8. The highest BCUT2D eigenvalue weighted by molar-refractivity contribution is 6.06. The van der Waals surface area contributed by atoms with E-state index in [1.165, 1.54) is 29.7 Å². The molecule has 2 aromatic rings. The van der Waals surface area contributed by atoms with Gasteiger partial charge in [0.05, 0.1) is 11.1 Å². The molecular weight excluding hydrogens is 296 g/mol. The Morgan fingerprint density at radius 1 is 1.00 bits per heavy atom. The van der Waals surface area contributed by atoms with Crippen LogP contribution in [0.1, 0.15) is 30.4 Å². The van der Waals surface area contributed by atoms with Gasteiger partial charge in [-0.05, 0) is 56.0 Å². The summed E-state index contributed by atoms with van der Waals surface area (Å²) in [5.41, 5.74) is 4.88. The van der Waals surface area contributed by atoms with Gasteiger partial charge in [-0.3, -0.25) is 4.99 Å². The van der Waals surface area contributed by atoms with Crippen LogP contribution in [0.2, 0.25) is 0 Å². The maximum absolute atomic E-state index is 6.12. The summed E-state index contributed by atoms with van der Waals surface area (Å²) in [6.07, 6.45) is 3.57. The minimum atomic E-state index is -0.169. The number of nitrogens with zero attached hydrogens (tertiary/aromatic N) is 1. The number of para-hydroxylation sites is 2. The van der Waals surface area contributed by atoms with Crippen LogP contribution in [0.25, 0.3) is 0 Å². The van der Waals surface area contributed by atoms with Gasteiger partial charge < -0.3 is 10.1 Å². The van der Waals surface area contributed by atoms with Gasteiger partial charge >= 0.3 is 0 Å². The fourth-order valence-corrected chi connectivity index (χ4v) is 4.58. The van der Waals surface area contributed by atoms with E-state index in [1.807, 2.05) is 0 Å². The number of fused-ring (bicyclic) bond motifs is 4. The van der Waals surface area contributed by atoms with E-state index in [0.29, 0.717) is 6.61 Å². The summed E-state index contributed by atoms with van der Waals surface area (Å²) in [6, 6.07) is 17.1. The van der Waals surface area contributed by atoms with Crippen LogP contribution in [0.4, 0.5) is 5.69 Å². The molecule has 1 unspecified atom stereocenters. The van der Waals surface area contributed by atoms with Crippen molar-refractivity contribution in [1.29, 1.82) is 0 Å². The zero-order valence-corrected chi connectivity index (χ0v) is 13.8. The summed E-state index contributed by atoms with van der Waals surface area (Å²) < 4.78 is 6.12. The Labute approximate surface area is 142 Å². The van der Waals surface area contributed by atoms with E-state index in [4.69, 9.17) is 9.73 Å². The van der Waals surface area contributed by atoms with Crippen LogP contribution >= 0.6 is 0 Å². The van der Waals surface area contributed by atoms with Crippen LogP contribution in [0, 0.1) is 5.92 Å². The minimum absolute atomic E-state index is 0.169. The number of hydrogen-bond acceptors (Lipinski definition) is 3. The van der Waals surface area contributed by atoms with Gasteiger partial charge in [0.15, 0.2) is 0 Å². The first kappa shape index (κ1) is 14.2. The summed E-state index contributed by atoms with van der Waals surface area (Å²) in [5.74, 6) is 1.75. The fraction of sp³-hybridized carbons (Fsp3) is 0.381. The summed E-state index contributed by atoms with van der Waals surface area (Å²) in [5, 5.41) is 3.47. The fourth-order valence-electron chi connectivity index (χ4n) is 4.58. The second kappa shape index (κ2) is 5.45. The highest BCUT2D eigenvalue weighted by atomic mass is 16.5. The standard InChI is InChI=1S/C21H22N2O/c1-3-7-18-16(5-1)21(14-24-19-8-4-2-6-17(19)21)20(23-18)13-15-9-11-22-12-10-15/h1-8,15,22H,9-14H2. The van der Waals surface area contributed by atoms with Gasteiger partial charge in [0.25, 0.3) is 0 Å². The third kappa shape index (κ3) is 1.97. The van der Waals surface area contributed by atoms with Crippen molar-refractivity contribution in [2.24, 2.45) is 10.9 Å². The van der Waals surface area contributed by atoms with Crippen molar-refractivity contribution < 1.29 is 4.74 Å². The number of aliphatic imine (C=N–C) groups is 1. The van der Waals surface area contributed by atoms with E-state index in [9.17, 15) is 0 Å². The lowest BCUT2D eigenvalue weighted by Gasteiger charge is -2.30. The predicted molar refractivity (Wildman–Crippen MR) is 96.5 cm³/mol. The largest absolute Gasteiger partial charge is 0.492 e. The van der Waals surface area contributed by atoms with Gasteiger partial charge in [0.1, 0.15) is 12.4 Å². The Hall–Kier alpha value is -2.13. The molecule has 3 heterocycles. The highest BCUT2D eigenvalue weighted by Gasteiger charge is 2.50. The van der Waals surface area contributed by atoms with Crippen LogP contribution < -0.4 is 10.1 Å². The van der Waals surface area contributed by atoms with Gasteiger partial charge in [-0.15, -0.1) is 0 Å². The Balaban J connectivity index is 1.61. The molecule has 3 heteroatoms. The van der Waals surface area contributed by atoms with Gasteiger partial charge in [-0.1, -0.05) is 36.4 Å². The van der Waals surface area contributed by atoms with Gasteiger partial charge in [0.2, 0.25) is 0 Å². The summed E-state index contributed by atoms with van der Waals surface area (Å²) in [7, 11) is 0. The smallest absolute Gasteiger partial charge is 0.124 e. The van der Waals surface area contributed by atoms with Crippen molar-refractivity contribution in [3.05, 3.63) is 59.7 Å². The maximum Gasteiger partial charge on any atom is 0.124 e. The molecule has 122 valence electrons. The van der Waals surface area contributed by atoms with Gasteiger partial charge in [-0.25, -0.2) is 0 Å². The topological polar surface area (TPSA) is 33.6 Å². The Bertz CT molecular complexity index is 807. The summed E-state index contributed by atoms with van der Waals surface area (Å²) in [6.45, 7) is 2.95. The van der Waals surface area contributed by atoms with E-state index in [1.54, 1.807) is 0 Å². The van der Waals surface area contributed by atoms with Crippen molar-refractivity contribution in [1.82, 2.24) is 5.32 Å². The quantitative estimate of drug-likeness (QED) is 0.913. The van der Waals surface area contributed by atoms with Crippen molar-refractivity contribution in [2.75, 3.05) is 19.7 Å². The van der Waals surface area contributed by atoms with E-state index in [-0.39, 0.29) is 5.41 Å². The Kier molecular flexibility index (Phi) is 3.23. The molecule has 0 amide bonds. The molecule has 5 rings (SSSR count). The maximum atomic E-state index is 6.12. The lowest BCUT2D eigenvalue weighted by Crippen LogP contribution is -2.38. The first-order valence-corrected chi connectivity index (χ1v) is 8.98. The van der Waals surface area contributed by atoms with Crippen LogP contribution in [-0.2, 0) is 5.41 Å². The first-order valence-electron chi connectivity index (χ1n) is 8.98. The second-order valence-corrected chi connectivity index (χ2v) is 7.16. The normalized spacial score (nSPS) is 25.2. The predicted octanol–water partition coefficient (Wildman–Crippen LogP) is 3.84. The lowest BCUT2D eigenvalue weighted by atomic mass is 9.71. The molecule has 2 aromatic carbocycles. The molecule has 0 saturated carbocycles. The number of piperidine rings is 1. The Morgan fingerprint density at radius 3 is 2.62 bits per heavy atom. The number of hydrogen-bond donors (Lipinski definition) is 1. The number of nitrogens with one attached hydrogen (secondary N) is 1. The van der Waals surface area contributed by atoms with E-state index in [2.05, 4.69) is 53.8 Å². The highest BCUT2D eigenvalue weighted by Crippen LogP contribution is 2.52. The molecule has 1 saturated heterocycles. The molecule has 3 nitrogen and oxygen atoms in total. The molecule has 3 aliphatic rings. The average Bonchev–Trinajstić information content (AvgIpc) is 3.17.